The number of anilines is 1. The van der Waals surface area contributed by atoms with Gasteiger partial charge in [-0.25, -0.2) is 18.0 Å². The second kappa shape index (κ2) is 10.4. The highest BCUT2D eigenvalue weighted by Crippen LogP contribution is 2.36. The number of H-pyrrole nitrogens is 1. The standard InChI is InChI=1S/C26H27N3O7S/c1-26(2,3)21-15-19(29-12-11-22(30)27-25(29)32)13-17(23(21)35-4)8-7-16-9-10-18(28-37(6,33)34)14-20(16)24(31)36-5/h9-15,28H,1-6H3,(H,27,30,32). The summed E-state index contributed by atoms with van der Waals surface area (Å²) in [4.78, 5) is 38.7. The number of nitrogens with one attached hydrogen (secondary N) is 2. The van der Waals surface area contributed by atoms with E-state index < -0.39 is 32.7 Å². The van der Waals surface area contributed by atoms with Gasteiger partial charge in [-0.05, 0) is 35.7 Å². The van der Waals surface area contributed by atoms with Crippen molar-refractivity contribution in [2.24, 2.45) is 0 Å². The molecule has 0 atom stereocenters. The van der Waals surface area contributed by atoms with Crippen molar-refractivity contribution in [3.63, 3.8) is 0 Å². The van der Waals surface area contributed by atoms with Crippen molar-refractivity contribution < 1.29 is 22.7 Å². The van der Waals surface area contributed by atoms with Crippen LogP contribution in [-0.2, 0) is 20.2 Å². The Labute approximate surface area is 214 Å². The Hall–Kier alpha value is -4.30. The van der Waals surface area contributed by atoms with Gasteiger partial charge in [-0.3, -0.25) is 19.1 Å². The van der Waals surface area contributed by atoms with E-state index in [-0.39, 0.29) is 16.8 Å². The summed E-state index contributed by atoms with van der Waals surface area (Å²) in [5.41, 5.74) is 0.641. The van der Waals surface area contributed by atoms with E-state index in [4.69, 9.17) is 9.47 Å². The van der Waals surface area contributed by atoms with Gasteiger partial charge in [-0.2, -0.15) is 0 Å². The molecule has 194 valence electrons. The van der Waals surface area contributed by atoms with Crippen LogP contribution in [0.15, 0.2) is 52.2 Å². The van der Waals surface area contributed by atoms with Crippen molar-refractivity contribution >= 4 is 21.7 Å². The number of rotatable bonds is 5. The van der Waals surface area contributed by atoms with Gasteiger partial charge in [0.15, 0.2) is 0 Å². The zero-order chi connectivity index (χ0) is 27.5. The zero-order valence-electron chi connectivity index (χ0n) is 21.3. The third kappa shape index (κ3) is 6.48. The number of carbonyl (C=O) groups is 1. The van der Waals surface area contributed by atoms with Crippen LogP contribution < -0.4 is 20.7 Å². The van der Waals surface area contributed by atoms with Crippen LogP contribution in [0.2, 0.25) is 0 Å². The summed E-state index contributed by atoms with van der Waals surface area (Å²) in [6.07, 6.45) is 2.37. The molecule has 0 fully saturated rings. The monoisotopic (exact) mass is 525 g/mol. The molecule has 2 aromatic carbocycles. The van der Waals surface area contributed by atoms with Crippen molar-refractivity contribution in [3.8, 4) is 23.3 Å². The number of hydrogen-bond donors (Lipinski definition) is 2. The van der Waals surface area contributed by atoms with Crippen LogP contribution >= 0.6 is 0 Å². The molecule has 10 nitrogen and oxygen atoms in total. The maximum absolute atomic E-state index is 12.5. The van der Waals surface area contributed by atoms with E-state index >= 15 is 0 Å². The predicted molar refractivity (Wildman–Crippen MR) is 140 cm³/mol. The van der Waals surface area contributed by atoms with Gasteiger partial charge in [0, 0.05) is 29.1 Å². The number of aromatic nitrogens is 2. The molecule has 1 aromatic heterocycles. The smallest absolute Gasteiger partial charge is 0.339 e. The van der Waals surface area contributed by atoms with Gasteiger partial charge >= 0.3 is 11.7 Å². The number of benzene rings is 2. The Balaban J connectivity index is 2.26. The second-order valence-electron chi connectivity index (χ2n) is 9.18. The van der Waals surface area contributed by atoms with Crippen molar-refractivity contribution in [2.75, 3.05) is 25.2 Å². The molecule has 0 saturated carbocycles. The van der Waals surface area contributed by atoms with E-state index in [1.807, 2.05) is 20.8 Å². The summed E-state index contributed by atoms with van der Waals surface area (Å²) in [5.74, 6) is 5.74. The highest BCUT2D eigenvalue weighted by Gasteiger charge is 2.23. The molecule has 0 aliphatic carbocycles. The molecule has 0 spiro atoms. The van der Waals surface area contributed by atoms with E-state index in [0.717, 1.165) is 11.8 Å². The lowest BCUT2D eigenvalue weighted by Gasteiger charge is -2.24. The largest absolute Gasteiger partial charge is 0.495 e. The quantitative estimate of drug-likeness (QED) is 0.386. The lowest BCUT2D eigenvalue weighted by atomic mass is 9.84. The molecule has 0 bridgehead atoms. The van der Waals surface area contributed by atoms with Crippen LogP contribution in [0.5, 0.6) is 5.75 Å². The Bertz CT molecular complexity index is 1650. The second-order valence-corrected chi connectivity index (χ2v) is 10.9. The van der Waals surface area contributed by atoms with Gasteiger partial charge in [0.1, 0.15) is 5.75 Å². The van der Waals surface area contributed by atoms with E-state index in [1.165, 1.54) is 49.2 Å². The van der Waals surface area contributed by atoms with E-state index in [1.54, 1.807) is 12.1 Å². The summed E-state index contributed by atoms with van der Waals surface area (Å²) < 4.78 is 37.4. The molecule has 0 aliphatic heterocycles. The first-order chi connectivity index (χ1) is 17.2. The molecule has 0 unspecified atom stereocenters. The average Bonchev–Trinajstić information content (AvgIpc) is 2.80. The predicted octanol–water partition coefficient (Wildman–Crippen LogP) is 2.39. The van der Waals surface area contributed by atoms with Crippen molar-refractivity contribution in [1.82, 2.24) is 9.55 Å². The highest BCUT2D eigenvalue weighted by atomic mass is 32.2. The number of sulfonamides is 1. The van der Waals surface area contributed by atoms with Crippen LogP contribution in [0.25, 0.3) is 5.69 Å². The molecular formula is C26H27N3O7S. The number of methoxy groups -OCH3 is 2. The SMILES string of the molecule is COC(=O)c1cc(NS(C)(=O)=O)ccc1C#Cc1cc(-n2ccc(=O)[nH]c2=O)cc(C(C)(C)C)c1OC. The Kier molecular flexibility index (Phi) is 7.64. The maximum Gasteiger partial charge on any atom is 0.339 e. The van der Waals surface area contributed by atoms with Gasteiger partial charge < -0.3 is 9.47 Å². The maximum atomic E-state index is 12.5. The molecule has 3 aromatic rings. The summed E-state index contributed by atoms with van der Waals surface area (Å²) in [6, 6.07) is 8.98. The number of carbonyl (C=O) groups excluding carboxylic acids is 1. The van der Waals surface area contributed by atoms with E-state index in [9.17, 15) is 22.8 Å². The minimum absolute atomic E-state index is 0.0617. The first-order valence-corrected chi connectivity index (χ1v) is 12.9. The van der Waals surface area contributed by atoms with Crippen molar-refractivity contribution in [3.05, 3.63) is 85.7 Å². The number of ether oxygens (including phenoxy) is 2. The summed E-state index contributed by atoms with van der Waals surface area (Å²) in [7, 11) is -0.849. The van der Waals surface area contributed by atoms with Crippen LogP contribution in [0.3, 0.4) is 0 Å². The molecule has 3 rings (SSSR count). The zero-order valence-corrected chi connectivity index (χ0v) is 22.1. The fourth-order valence-electron chi connectivity index (χ4n) is 3.59. The van der Waals surface area contributed by atoms with Crippen molar-refractivity contribution in [1.29, 1.82) is 0 Å². The lowest BCUT2D eigenvalue weighted by molar-refractivity contribution is 0.0600. The minimum atomic E-state index is -3.56. The molecule has 0 radical (unpaired) electrons. The summed E-state index contributed by atoms with van der Waals surface area (Å²) >= 11 is 0. The average molecular weight is 526 g/mol. The van der Waals surface area contributed by atoms with Crippen LogP contribution in [-0.4, -0.2) is 44.4 Å². The Morgan fingerprint density at radius 1 is 1.03 bits per heavy atom. The molecule has 2 N–H and O–H groups in total. The van der Waals surface area contributed by atoms with Crippen LogP contribution in [0.4, 0.5) is 5.69 Å². The summed E-state index contributed by atoms with van der Waals surface area (Å²) in [5, 5.41) is 0. The van der Waals surface area contributed by atoms with Crippen molar-refractivity contribution in [2.45, 2.75) is 26.2 Å². The molecule has 1 heterocycles. The first kappa shape index (κ1) is 27.3. The normalized spacial score (nSPS) is 11.3. The molecule has 0 aliphatic rings. The fourth-order valence-corrected chi connectivity index (χ4v) is 4.14. The molecule has 0 amide bonds. The van der Waals surface area contributed by atoms with Gasteiger partial charge in [0.05, 0.1) is 37.3 Å². The Morgan fingerprint density at radius 2 is 1.70 bits per heavy atom. The third-order valence-electron chi connectivity index (χ3n) is 5.25. The van der Waals surface area contributed by atoms with Gasteiger partial charge in [-0.1, -0.05) is 32.6 Å². The Morgan fingerprint density at radius 3 is 2.27 bits per heavy atom. The molecule has 37 heavy (non-hydrogen) atoms. The van der Waals surface area contributed by atoms with E-state index in [2.05, 4.69) is 21.5 Å². The van der Waals surface area contributed by atoms with Crippen LogP contribution in [0.1, 0.15) is 47.8 Å². The topological polar surface area (TPSA) is 137 Å². The third-order valence-corrected chi connectivity index (χ3v) is 5.85. The van der Waals surface area contributed by atoms with Gasteiger partial charge in [0.25, 0.3) is 5.56 Å². The number of aromatic amines is 1. The number of nitrogens with zero attached hydrogens (tertiary/aromatic N) is 1. The molecule has 11 heteroatoms. The molecule has 0 saturated heterocycles. The fraction of sp³-hybridized carbons (Fsp3) is 0.269. The number of esters is 1. The number of hydrogen-bond acceptors (Lipinski definition) is 7. The van der Waals surface area contributed by atoms with E-state index in [0.29, 0.717) is 17.0 Å². The summed E-state index contributed by atoms with van der Waals surface area (Å²) in [6.45, 7) is 5.93. The van der Waals surface area contributed by atoms with Gasteiger partial charge in [0.2, 0.25) is 10.0 Å². The lowest BCUT2D eigenvalue weighted by Crippen LogP contribution is -2.28. The first-order valence-electron chi connectivity index (χ1n) is 11.0. The minimum Gasteiger partial charge on any atom is -0.495 e. The van der Waals surface area contributed by atoms with Crippen LogP contribution in [0, 0.1) is 11.8 Å². The van der Waals surface area contributed by atoms with Gasteiger partial charge in [-0.15, -0.1) is 0 Å². The highest BCUT2D eigenvalue weighted by molar-refractivity contribution is 7.92. The molecular weight excluding hydrogens is 498 g/mol.